The van der Waals surface area contributed by atoms with Crippen LogP contribution in [-0.2, 0) is 4.79 Å². The van der Waals surface area contributed by atoms with E-state index in [0.717, 1.165) is 23.1 Å². The highest BCUT2D eigenvalue weighted by Crippen LogP contribution is 2.50. The summed E-state index contributed by atoms with van der Waals surface area (Å²) in [4.78, 5) is 40.6. The predicted molar refractivity (Wildman–Crippen MR) is 111 cm³/mol. The zero-order chi connectivity index (χ0) is 21.4. The van der Waals surface area contributed by atoms with Gasteiger partial charge in [0.1, 0.15) is 16.8 Å². The maximum atomic E-state index is 13.4. The van der Waals surface area contributed by atoms with Gasteiger partial charge in [0.15, 0.2) is 5.78 Å². The molecule has 3 aromatic rings. The number of carboxylic acids is 1. The number of ketones is 1. The molecule has 0 amide bonds. The van der Waals surface area contributed by atoms with Gasteiger partial charge in [-0.3, -0.25) is 14.4 Å². The molecule has 9 heteroatoms. The number of aromatic nitrogens is 1. The second-order valence-corrected chi connectivity index (χ2v) is 8.90. The summed E-state index contributed by atoms with van der Waals surface area (Å²) in [5, 5.41) is 9.23. The fraction of sp³-hybridized carbons (Fsp3) is 0.190. The third-order valence-corrected chi connectivity index (χ3v) is 7.41. The summed E-state index contributed by atoms with van der Waals surface area (Å²) >= 11 is 1.93. The van der Waals surface area contributed by atoms with E-state index in [4.69, 9.17) is 4.74 Å². The largest absolute Gasteiger partial charge is 0.497 e. The number of fused-ring (bicyclic) bond motifs is 1. The Morgan fingerprint density at radius 3 is 2.37 bits per heavy atom. The summed E-state index contributed by atoms with van der Waals surface area (Å²) < 4.78 is 18.5. The molecule has 30 heavy (non-hydrogen) atoms. The van der Waals surface area contributed by atoms with Crippen LogP contribution in [0, 0.1) is 11.7 Å². The van der Waals surface area contributed by atoms with Gasteiger partial charge in [-0.2, -0.15) is 0 Å². The van der Waals surface area contributed by atoms with Crippen LogP contribution < -0.4 is 9.61 Å². The molecule has 1 aliphatic heterocycles. The number of nitrogens with one attached hydrogen (secondary N) is 1. The smallest absolute Gasteiger partial charge is 0.317 e. The van der Waals surface area contributed by atoms with Gasteiger partial charge in [0.05, 0.1) is 18.1 Å². The van der Waals surface area contributed by atoms with Crippen molar-refractivity contribution in [2.24, 2.45) is 5.92 Å². The van der Waals surface area contributed by atoms with Crippen LogP contribution in [0.1, 0.15) is 26.7 Å². The van der Waals surface area contributed by atoms with Gasteiger partial charge in [-0.1, -0.05) is 35.2 Å². The van der Waals surface area contributed by atoms with Crippen molar-refractivity contribution in [2.75, 3.05) is 7.11 Å². The number of halogens is 1. The molecule has 0 aliphatic carbocycles. The molecule has 2 N–H and O–H groups in total. The molecule has 1 aliphatic rings. The molecule has 2 aromatic carbocycles. The molecular weight excluding hydrogens is 429 g/mol. The van der Waals surface area contributed by atoms with Crippen molar-refractivity contribution in [1.29, 1.82) is 0 Å². The van der Waals surface area contributed by atoms with Gasteiger partial charge < -0.3 is 14.8 Å². The van der Waals surface area contributed by atoms with E-state index in [1.165, 1.54) is 31.4 Å². The number of thiazole rings is 1. The maximum Gasteiger partial charge on any atom is 0.317 e. The fourth-order valence-electron chi connectivity index (χ4n) is 3.63. The number of carbonyl (C=O) groups is 2. The number of thioether (sulfide) groups is 1. The lowest BCUT2D eigenvalue weighted by atomic mass is 9.78. The van der Waals surface area contributed by atoms with Crippen LogP contribution in [0.25, 0.3) is 0 Å². The number of rotatable bonds is 5. The standard InChI is InChI=1S/C21H16FNO5S2/c1-28-13-8-4-10(5-9-13)14-15(16(24)11-2-6-12(22)7-3-11)18(20(25)26)29-19-17(14)30-21(27)23-19/h2-9,14-15,18H,1H3,(H,23,27)(H,25,26)/t14-,15-,18+/m0/s1. The number of benzene rings is 2. The summed E-state index contributed by atoms with van der Waals surface area (Å²) in [5.41, 5.74) is 0.914. The number of ether oxygens (including phenoxy) is 1. The fourth-order valence-corrected chi connectivity index (χ4v) is 6.04. The van der Waals surface area contributed by atoms with E-state index in [1.54, 1.807) is 24.3 Å². The van der Waals surface area contributed by atoms with Crippen LogP contribution in [0.15, 0.2) is 58.4 Å². The van der Waals surface area contributed by atoms with Crippen molar-refractivity contribution in [1.82, 2.24) is 4.98 Å². The Morgan fingerprint density at radius 2 is 1.77 bits per heavy atom. The van der Waals surface area contributed by atoms with Gasteiger partial charge in [0.2, 0.25) is 0 Å². The molecule has 6 nitrogen and oxygen atoms in total. The average Bonchev–Trinajstić information content (AvgIpc) is 3.12. The van der Waals surface area contributed by atoms with Crippen molar-refractivity contribution in [3.05, 3.63) is 80.0 Å². The Morgan fingerprint density at radius 1 is 1.10 bits per heavy atom. The third kappa shape index (κ3) is 3.66. The van der Waals surface area contributed by atoms with E-state index in [-0.39, 0.29) is 10.4 Å². The van der Waals surface area contributed by atoms with Gasteiger partial charge in [-0.05, 0) is 42.0 Å². The van der Waals surface area contributed by atoms with Crippen LogP contribution >= 0.6 is 23.1 Å². The van der Waals surface area contributed by atoms with E-state index in [2.05, 4.69) is 4.98 Å². The van der Waals surface area contributed by atoms with Crippen LogP contribution in [0.4, 0.5) is 4.39 Å². The van der Waals surface area contributed by atoms with Crippen molar-refractivity contribution in [3.63, 3.8) is 0 Å². The number of hydrogen-bond donors (Lipinski definition) is 2. The Balaban J connectivity index is 1.89. The number of aliphatic carboxylic acids is 1. The van der Waals surface area contributed by atoms with Gasteiger partial charge in [0, 0.05) is 16.4 Å². The Hall–Kier alpha value is -2.91. The SMILES string of the molecule is COc1ccc([C@@H]2c3sc(=O)[nH]c3S[C@@H](C(=O)O)[C@@H]2C(=O)c2ccc(F)cc2)cc1. The van der Waals surface area contributed by atoms with Crippen molar-refractivity contribution in [3.8, 4) is 5.75 Å². The van der Waals surface area contributed by atoms with E-state index in [0.29, 0.717) is 21.2 Å². The monoisotopic (exact) mass is 445 g/mol. The molecule has 0 fully saturated rings. The highest BCUT2D eigenvalue weighted by atomic mass is 32.2. The average molecular weight is 445 g/mol. The van der Waals surface area contributed by atoms with Gasteiger partial charge in [0.25, 0.3) is 0 Å². The first-order valence-electron chi connectivity index (χ1n) is 8.95. The molecule has 154 valence electrons. The first-order valence-corrected chi connectivity index (χ1v) is 10.6. The van der Waals surface area contributed by atoms with E-state index in [9.17, 15) is 23.9 Å². The van der Waals surface area contributed by atoms with E-state index >= 15 is 0 Å². The molecule has 3 atom stereocenters. The minimum atomic E-state index is -1.16. The Kier molecular flexibility index (Phi) is 5.48. The van der Waals surface area contributed by atoms with E-state index < -0.39 is 34.7 Å². The summed E-state index contributed by atoms with van der Waals surface area (Å²) in [5.74, 6) is -3.07. The summed E-state index contributed by atoms with van der Waals surface area (Å²) in [6.07, 6.45) is 0. The Labute approximate surface area is 178 Å². The lowest BCUT2D eigenvalue weighted by Gasteiger charge is -2.34. The molecule has 2 heterocycles. The van der Waals surface area contributed by atoms with Crippen molar-refractivity contribution in [2.45, 2.75) is 16.2 Å². The van der Waals surface area contributed by atoms with Crippen LogP contribution in [0.2, 0.25) is 0 Å². The molecule has 4 rings (SSSR count). The number of carboxylic acid groups (broad SMARTS) is 1. The predicted octanol–water partition coefficient (Wildman–Crippen LogP) is 3.77. The number of aromatic amines is 1. The molecule has 0 unspecified atom stereocenters. The molecule has 0 spiro atoms. The highest BCUT2D eigenvalue weighted by molar-refractivity contribution is 8.00. The van der Waals surface area contributed by atoms with E-state index in [1.807, 2.05) is 0 Å². The quantitative estimate of drug-likeness (QED) is 0.581. The normalized spacial score (nSPS) is 20.4. The topological polar surface area (TPSA) is 96.5 Å². The van der Waals surface area contributed by atoms with Crippen molar-refractivity contribution >= 4 is 34.9 Å². The number of H-pyrrole nitrogens is 1. The molecule has 0 saturated carbocycles. The lowest BCUT2D eigenvalue weighted by Crippen LogP contribution is -2.39. The zero-order valence-corrected chi connectivity index (χ0v) is 17.3. The Bertz CT molecular complexity index is 1150. The van der Waals surface area contributed by atoms with Gasteiger partial charge in [-0.15, -0.1) is 0 Å². The summed E-state index contributed by atoms with van der Waals surface area (Å²) in [7, 11) is 1.53. The number of carbonyl (C=O) groups excluding carboxylic acids is 1. The second-order valence-electron chi connectivity index (χ2n) is 6.73. The molecule has 0 radical (unpaired) electrons. The first kappa shape index (κ1) is 20.4. The second kappa shape index (κ2) is 8.08. The zero-order valence-electron chi connectivity index (χ0n) is 15.6. The number of methoxy groups -OCH3 is 1. The molecule has 0 bridgehead atoms. The van der Waals surface area contributed by atoms with Gasteiger partial charge >= 0.3 is 10.8 Å². The summed E-state index contributed by atoms with van der Waals surface area (Å²) in [6, 6.07) is 12.0. The van der Waals surface area contributed by atoms with Crippen molar-refractivity contribution < 1.29 is 23.8 Å². The number of Topliss-reactive ketones (excluding diaryl/α,β-unsaturated/α-hetero) is 1. The lowest BCUT2D eigenvalue weighted by molar-refractivity contribution is -0.137. The van der Waals surface area contributed by atoms with Gasteiger partial charge in [-0.25, -0.2) is 4.39 Å². The molecule has 0 saturated heterocycles. The molecular formula is C21H16FNO5S2. The first-order chi connectivity index (χ1) is 14.4. The maximum absolute atomic E-state index is 13.4. The van der Waals surface area contributed by atoms with Crippen LogP contribution in [0.3, 0.4) is 0 Å². The van der Waals surface area contributed by atoms with Crippen LogP contribution in [-0.4, -0.2) is 34.2 Å². The van der Waals surface area contributed by atoms with Crippen LogP contribution in [0.5, 0.6) is 5.75 Å². The minimum absolute atomic E-state index is 0.220. The third-order valence-electron chi connectivity index (χ3n) is 5.00. The summed E-state index contributed by atoms with van der Waals surface area (Å²) in [6.45, 7) is 0. The molecule has 1 aromatic heterocycles. The number of hydrogen-bond acceptors (Lipinski definition) is 6. The highest BCUT2D eigenvalue weighted by Gasteiger charge is 2.47. The minimum Gasteiger partial charge on any atom is -0.497 e.